The molecule has 1 fully saturated rings. The van der Waals surface area contributed by atoms with Crippen LogP contribution in [0.3, 0.4) is 0 Å². The second-order valence-electron chi connectivity index (χ2n) is 4.75. The van der Waals surface area contributed by atoms with Crippen LogP contribution in [0.1, 0.15) is 46.0 Å². The normalized spacial score (nSPS) is 29.4. The van der Waals surface area contributed by atoms with E-state index in [0.29, 0.717) is 0 Å². The zero-order valence-corrected chi connectivity index (χ0v) is 9.84. The van der Waals surface area contributed by atoms with Gasteiger partial charge in [0, 0.05) is 6.04 Å². The molecule has 2 N–H and O–H groups in total. The lowest BCUT2D eigenvalue weighted by atomic mass is 9.92. The summed E-state index contributed by atoms with van der Waals surface area (Å²) in [6, 6.07) is 0.793. The zero-order valence-electron chi connectivity index (χ0n) is 9.84. The van der Waals surface area contributed by atoms with E-state index in [-0.39, 0.29) is 0 Å². The molecule has 0 saturated carbocycles. The standard InChI is InChI=1S/C12H26N2/c1-11-7-6-10-14(12(11)2)9-5-3-4-8-13/h11-12H,3-10,13H2,1-2H3. The van der Waals surface area contributed by atoms with E-state index in [9.17, 15) is 0 Å². The Labute approximate surface area is 88.8 Å². The Kier molecular flexibility index (Phi) is 5.49. The van der Waals surface area contributed by atoms with Crippen LogP contribution in [0.15, 0.2) is 0 Å². The number of likely N-dealkylation sites (tertiary alicyclic amines) is 1. The number of rotatable bonds is 5. The Balaban J connectivity index is 2.15. The van der Waals surface area contributed by atoms with Crippen LogP contribution in [0.4, 0.5) is 0 Å². The van der Waals surface area contributed by atoms with Gasteiger partial charge in [0.1, 0.15) is 0 Å². The molecule has 0 aromatic heterocycles. The molecule has 0 radical (unpaired) electrons. The molecule has 2 unspecified atom stereocenters. The summed E-state index contributed by atoms with van der Waals surface area (Å²) in [4.78, 5) is 2.66. The van der Waals surface area contributed by atoms with Crippen LogP contribution in [-0.4, -0.2) is 30.6 Å². The maximum atomic E-state index is 5.48. The molecule has 1 aliphatic heterocycles. The Hall–Kier alpha value is -0.0800. The van der Waals surface area contributed by atoms with E-state index >= 15 is 0 Å². The number of nitrogens with two attached hydrogens (primary N) is 1. The average molecular weight is 198 g/mol. The van der Waals surface area contributed by atoms with Crippen molar-refractivity contribution in [1.29, 1.82) is 0 Å². The molecule has 2 nitrogen and oxygen atoms in total. The number of unbranched alkanes of at least 4 members (excludes halogenated alkanes) is 2. The highest BCUT2D eigenvalue weighted by atomic mass is 15.2. The van der Waals surface area contributed by atoms with Crippen LogP contribution < -0.4 is 5.73 Å². The van der Waals surface area contributed by atoms with Gasteiger partial charge in [-0.15, -0.1) is 0 Å². The van der Waals surface area contributed by atoms with E-state index < -0.39 is 0 Å². The lowest BCUT2D eigenvalue weighted by molar-refractivity contribution is 0.112. The molecule has 0 bridgehead atoms. The number of hydrogen-bond acceptors (Lipinski definition) is 2. The van der Waals surface area contributed by atoms with Crippen LogP contribution in [0.5, 0.6) is 0 Å². The molecule has 2 heteroatoms. The maximum absolute atomic E-state index is 5.48. The first-order valence-corrected chi connectivity index (χ1v) is 6.20. The summed E-state index contributed by atoms with van der Waals surface area (Å²) in [5.74, 6) is 0.887. The van der Waals surface area contributed by atoms with Crippen molar-refractivity contribution in [2.24, 2.45) is 11.7 Å². The fourth-order valence-electron chi connectivity index (χ4n) is 2.37. The smallest absolute Gasteiger partial charge is 0.00925 e. The lowest BCUT2D eigenvalue weighted by Crippen LogP contribution is -2.42. The van der Waals surface area contributed by atoms with Crippen molar-refractivity contribution in [2.75, 3.05) is 19.6 Å². The Morgan fingerprint density at radius 1 is 1.21 bits per heavy atom. The third-order valence-corrected chi connectivity index (χ3v) is 3.65. The number of hydrogen-bond donors (Lipinski definition) is 1. The third-order valence-electron chi connectivity index (χ3n) is 3.65. The molecule has 0 aromatic rings. The van der Waals surface area contributed by atoms with Crippen molar-refractivity contribution in [2.45, 2.75) is 52.0 Å². The second-order valence-corrected chi connectivity index (χ2v) is 4.75. The fraction of sp³-hybridized carbons (Fsp3) is 1.00. The van der Waals surface area contributed by atoms with Crippen LogP contribution in [0.2, 0.25) is 0 Å². The first-order chi connectivity index (χ1) is 6.75. The van der Waals surface area contributed by atoms with Gasteiger partial charge in [-0.3, -0.25) is 0 Å². The minimum atomic E-state index is 0.793. The van der Waals surface area contributed by atoms with Gasteiger partial charge in [0.2, 0.25) is 0 Å². The van der Waals surface area contributed by atoms with Crippen molar-refractivity contribution in [3.63, 3.8) is 0 Å². The van der Waals surface area contributed by atoms with E-state index in [1.807, 2.05) is 0 Å². The van der Waals surface area contributed by atoms with E-state index in [1.165, 1.54) is 45.2 Å². The molecule has 1 rings (SSSR count). The molecule has 1 saturated heterocycles. The molecule has 0 amide bonds. The molecule has 14 heavy (non-hydrogen) atoms. The molecule has 84 valence electrons. The lowest BCUT2D eigenvalue weighted by Gasteiger charge is -2.37. The summed E-state index contributed by atoms with van der Waals surface area (Å²) in [5, 5.41) is 0. The summed E-state index contributed by atoms with van der Waals surface area (Å²) in [5.41, 5.74) is 5.48. The Bertz CT molecular complexity index is 147. The van der Waals surface area contributed by atoms with Gasteiger partial charge >= 0.3 is 0 Å². The topological polar surface area (TPSA) is 29.3 Å². The minimum Gasteiger partial charge on any atom is -0.330 e. The quantitative estimate of drug-likeness (QED) is 0.686. The van der Waals surface area contributed by atoms with Crippen molar-refractivity contribution in [3.8, 4) is 0 Å². The Morgan fingerprint density at radius 2 is 2.00 bits per heavy atom. The van der Waals surface area contributed by atoms with Gasteiger partial charge in [-0.1, -0.05) is 13.3 Å². The van der Waals surface area contributed by atoms with E-state index in [0.717, 1.165) is 18.5 Å². The van der Waals surface area contributed by atoms with Crippen molar-refractivity contribution in [1.82, 2.24) is 4.90 Å². The summed E-state index contributed by atoms with van der Waals surface area (Å²) in [6.45, 7) is 8.22. The Morgan fingerprint density at radius 3 is 2.71 bits per heavy atom. The van der Waals surface area contributed by atoms with Gasteiger partial charge < -0.3 is 10.6 Å². The van der Waals surface area contributed by atoms with Gasteiger partial charge in [0.25, 0.3) is 0 Å². The van der Waals surface area contributed by atoms with Crippen LogP contribution >= 0.6 is 0 Å². The highest BCUT2D eigenvalue weighted by Crippen LogP contribution is 2.22. The molecule has 1 heterocycles. The van der Waals surface area contributed by atoms with Gasteiger partial charge in [0.15, 0.2) is 0 Å². The number of nitrogens with zero attached hydrogens (tertiary/aromatic N) is 1. The maximum Gasteiger partial charge on any atom is 0.00925 e. The van der Waals surface area contributed by atoms with E-state index in [2.05, 4.69) is 18.7 Å². The van der Waals surface area contributed by atoms with Crippen LogP contribution in [0.25, 0.3) is 0 Å². The van der Waals surface area contributed by atoms with Crippen molar-refractivity contribution < 1.29 is 0 Å². The number of piperidine rings is 1. The molecule has 0 aliphatic carbocycles. The van der Waals surface area contributed by atoms with Crippen molar-refractivity contribution in [3.05, 3.63) is 0 Å². The highest BCUT2D eigenvalue weighted by Gasteiger charge is 2.23. The van der Waals surface area contributed by atoms with Gasteiger partial charge in [-0.05, 0) is 58.2 Å². The predicted molar refractivity (Wildman–Crippen MR) is 62.3 cm³/mol. The van der Waals surface area contributed by atoms with Gasteiger partial charge in [-0.25, -0.2) is 0 Å². The SMILES string of the molecule is CC1CCCN(CCCCCN)C1C. The molecule has 1 aliphatic rings. The second kappa shape index (κ2) is 6.41. The third kappa shape index (κ3) is 3.58. The summed E-state index contributed by atoms with van der Waals surface area (Å²) in [7, 11) is 0. The fourth-order valence-corrected chi connectivity index (χ4v) is 2.37. The van der Waals surface area contributed by atoms with E-state index in [1.54, 1.807) is 0 Å². The van der Waals surface area contributed by atoms with E-state index in [4.69, 9.17) is 5.73 Å². The van der Waals surface area contributed by atoms with Gasteiger partial charge in [-0.2, -0.15) is 0 Å². The molecule has 0 aromatic carbocycles. The first-order valence-electron chi connectivity index (χ1n) is 6.20. The summed E-state index contributed by atoms with van der Waals surface area (Å²) < 4.78 is 0. The first kappa shape index (κ1) is 12.0. The average Bonchev–Trinajstić information content (AvgIpc) is 2.19. The summed E-state index contributed by atoms with van der Waals surface area (Å²) >= 11 is 0. The largest absolute Gasteiger partial charge is 0.330 e. The van der Waals surface area contributed by atoms with Gasteiger partial charge in [0.05, 0.1) is 0 Å². The molecular weight excluding hydrogens is 172 g/mol. The molecule has 0 spiro atoms. The molecular formula is C12H26N2. The van der Waals surface area contributed by atoms with Crippen molar-refractivity contribution >= 4 is 0 Å². The highest BCUT2D eigenvalue weighted by molar-refractivity contribution is 4.78. The van der Waals surface area contributed by atoms with Crippen LogP contribution in [0, 0.1) is 5.92 Å². The monoisotopic (exact) mass is 198 g/mol. The van der Waals surface area contributed by atoms with Crippen LogP contribution in [-0.2, 0) is 0 Å². The summed E-state index contributed by atoms with van der Waals surface area (Å²) in [6.07, 6.45) is 6.63. The zero-order chi connectivity index (χ0) is 10.4. The predicted octanol–water partition coefficient (Wildman–Crippen LogP) is 2.24. The molecule has 2 atom stereocenters. The minimum absolute atomic E-state index is 0.793.